The number of esters is 1. The van der Waals surface area contributed by atoms with Crippen molar-refractivity contribution in [2.24, 2.45) is 0 Å². The van der Waals surface area contributed by atoms with Crippen molar-refractivity contribution in [3.8, 4) is 0 Å². The van der Waals surface area contributed by atoms with Crippen molar-refractivity contribution in [2.45, 2.75) is 77.2 Å². The van der Waals surface area contributed by atoms with E-state index in [1.807, 2.05) is 32.9 Å². The molecule has 2 unspecified atom stereocenters. The van der Waals surface area contributed by atoms with Crippen LogP contribution in [0, 0.1) is 0 Å². The predicted octanol–water partition coefficient (Wildman–Crippen LogP) is 4.50. The zero-order valence-corrected chi connectivity index (χ0v) is 23.0. The molecule has 2 atom stereocenters. The molecule has 1 heterocycles. The number of likely N-dealkylation sites (tertiary alicyclic amines) is 1. The lowest BCUT2D eigenvalue weighted by Crippen LogP contribution is -2.68. The topological polar surface area (TPSA) is 65.1 Å². The number of methoxy groups -OCH3 is 1. The molecule has 0 bridgehead atoms. The second-order valence-electron chi connectivity index (χ2n) is 11.1. The highest BCUT2D eigenvalue weighted by atomic mass is 28.4. The normalized spacial score (nSPS) is 19.2. The Morgan fingerprint density at radius 2 is 1.40 bits per heavy atom. The molecule has 0 spiro atoms. The number of carbonyl (C=O) groups is 2. The number of piperidine rings is 1. The van der Waals surface area contributed by atoms with Gasteiger partial charge in [-0.05, 0) is 42.6 Å². The van der Waals surface area contributed by atoms with Crippen LogP contribution in [0.3, 0.4) is 0 Å². The van der Waals surface area contributed by atoms with Crippen molar-refractivity contribution in [1.82, 2.24) is 4.90 Å². The number of ether oxygens (including phenoxy) is 2. The van der Waals surface area contributed by atoms with E-state index in [1.165, 1.54) is 22.4 Å². The van der Waals surface area contributed by atoms with Gasteiger partial charge in [0.15, 0.2) is 0 Å². The fourth-order valence-electron chi connectivity index (χ4n) is 4.88. The van der Waals surface area contributed by atoms with Gasteiger partial charge in [0.1, 0.15) is 11.6 Å². The van der Waals surface area contributed by atoms with Gasteiger partial charge in [-0.1, -0.05) is 81.4 Å². The van der Waals surface area contributed by atoms with Crippen LogP contribution in [0.15, 0.2) is 60.7 Å². The third kappa shape index (κ3) is 5.96. The Bertz CT molecular complexity index is 958. The van der Waals surface area contributed by atoms with Gasteiger partial charge in [-0.2, -0.15) is 0 Å². The number of amides is 1. The van der Waals surface area contributed by atoms with Crippen LogP contribution in [0.2, 0.25) is 5.04 Å². The Morgan fingerprint density at radius 3 is 1.83 bits per heavy atom. The van der Waals surface area contributed by atoms with Crippen LogP contribution in [-0.2, 0) is 18.7 Å². The summed E-state index contributed by atoms with van der Waals surface area (Å²) in [6.45, 7) is 12.5. The van der Waals surface area contributed by atoms with E-state index < -0.39 is 32.0 Å². The van der Waals surface area contributed by atoms with Crippen molar-refractivity contribution in [3.63, 3.8) is 0 Å². The van der Waals surface area contributed by atoms with Gasteiger partial charge in [0.25, 0.3) is 8.32 Å². The molecule has 2 aromatic rings. The maximum atomic E-state index is 12.9. The summed E-state index contributed by atoms with van der Waals surface area (Å²) in [5.74, 6) is -0.452. The van der Waals surface area contributed by atoms with E-state index in [-0.39, 0.29) is 11.1 Å². The van der Waals surface area contributed by atoms with E-state index in [0.29, 0.717) is 19.4 Å². The molecule has 0 aromatic heterocycles. The number of nitrogens with zero attached hydrogens (tertiary/aromatic N) is 1. The molecule has 1 aliphatic heterocycles. The Kier molecular flexibility index (Phi) is 8.12. The van der Waals surface area contributed by atoms with Gasteiger partial charge >= 0.3 is 12.1 Å². The zero-order chi connectivity index (χ0) is 25.9. The Labute approximate surface area is 210 Å². The van der Waals surface area contributed by atoms with Gasteiger partial charge in [-0.15, -0.1) is 0 Å². The fraction of sp³-hybridized carbons (Fsp3) is 0.500. The van der Waals surface area contributed by atoms with Crippen molar-refractivity contribution < 1.29 is 23.5 Å². The summed E-state index contributed by atoms with van der Waals surface area (Å²) in [6.07, 6.45) is 0.245. The number of benzene rings is 2. The van der Waals surface area contributed by atoms with Crippen LogP contribution >= 0.6 is 0 Å². The summed E-state index contributed by atoms with van der Waals surface area (Å²) in [4.78, 5) is 27.2. The Hall–Kier alpha value is -2.64. The molecule has 0 aliphatic carbocycles. The summed E-state index contributed by atoms with van der Waals surface area (Å²) < 4.78 is 17.9. The lowest BCUT2D eigenvalue weighted by atomic mass is 10.00. The molecular weight excluding hydrogens is 458 g/mol. The van der Waals surface area contributed by atoms with Gasteiger partial charge < -0.3 is 13.9 Å². The predicted molar refractivity (Wildman–Crippen MR) is 140 cm³/mol. The average Bonchev–Trinajstić information content (AvgIpc) is 2.81. The van der Waals surface area contributed by atoms with E-state index >= 15 is 0 Å². The number of hydrogen-bond donors (Lipinski definition) is 0. The third-order valence-corrected chi connectivity index (χ3v) is 11.5. The molecule has 0 N–H and O–H groups in total. The van der Waals surface area contributed by atoms with Crippen molar-refractivity contribution in [3.05, 3.63) is 60.7 Å². The Morgan fingerprint density at radius 1 is 0.886 bits per heavy atom. The molecule has 0 radical (unpaired) electrons. The Balaban J connectivity index is 2.00. The van der Waals surface area contributed by atoms with E-state index in [2.05, 4.69) is 69.3 Å². The zero-order valence-electron chi connectivity index (χ0n) is 22.0. The molecule has 1 fully saturated rings. The highest BCUT2D eigenvalue weighted by molar-refractivity contribution is 6.99. The van der Waals surface area contributed by atoms with Crippen LogP contribution in [0.1, 0.15) is 54.4 Å². The second kappa shape index (κ2) is 10.5. The molecule has 7 heteroatoms. The first kappa shape index (κ1) is 27.0. The monoisotopic (exact) mass is 497 g/mol. The van der Waals surface area contributed by atoms with Crippen LogP contribution < -0.4 is 10.4 Å². The molecule has 35 heavy (non-hydrogen) atoms. The first-order valence-electron chi connectivity index (χ1n) is 12.3. The van der Waals surface area contributed by atoms with E-state index in [0.717, 1.165) is 0 Å². The molecule has 190 valence electrons. The van der Waals surface area contributed by atoms with Gasteiger partial charge in [-0.25, -0.2) is 9.59 Å². The molecular formula is C28H39NO5Si. The van der Waals surface area contributed by atoms with Crippen molar-refractivity contribution in [2.75, 3.05) is 13.7 Å². The average molecular weight is 498 g/mol. The summed E-state index contributed by atoms with van der Waals surface area (Å²) in [6, 6.07) is 20.1. The first-order chi connectivity index (χ1) is 16.4. The standard InChI is InChI=1S/C28H39NO5Si/c1-27(2,3)33-26(31)29-19-18-21(20-24(29)25(30)32-7)34-35(28(4,5)6,22-14-10-8-11-15-22)23-16-12-9-13-17-23/h8-17,21,24H,18-20H2,1-7H3. The maximum Gasteiger partial charge on any atom is 0.411 e. The highest BCUT2D eigenvalue weighted by Gasteiger charge is 2.52. The smallest absolute Gasteiger partial charge is 0.411 e. The van der Waals surface area contributed by atoms with E-state index in [1.54, 1.807) is 0 Å². The molecule has 1 aliphatic rings. The summed E-state index contributed by atoms with van der Waals surface area (Å²) >= 11 is 0. The van der Waals surface area contributed by atoms with Crippen LogP contribution in [0.25, 0.3) is 0 Å². The van der Waals surface area contributed by atoms with E-state index in [4.69, 9.17) is 13.9 Å². The van der Waals surface area contributed by atoms with Gasteiger partial charge in [0.2, 0.25) is 0 Å². The van der Waals surface area contributed by atoms with Crippen LogP contribution in [-0.4, -0.2) is 56.7 Å². The minimum absolute atomic E-state index is 0.182. The van der Waals surface area contributed by atoms with Crippen molar-refractivity contribution >= 4 is 30.8 Å². The lowest BCUT2D eigenvalue weighted by Gasteiger charge is -2.47. The van der Waals surface area contributed by atoms with Gasteiger partial charge in [0.05, 0.1) is 13.2 Å². The van der Waals surface area contributed by atoms with E-state index in [9.17, 15) is 9.59 Å². The highest BCUT2D eigenvalue weighted by Crippen LogP contribution is 2.39. The maximum absolute atomic E-state index is 12.9. The molecule has 1 amide bonds. The SMILES string of the molecule is COC(=O)C1CC(O[Si](c2ccccc2)(c2ccccc2)C(C)(C)C)CCN1C(=O)OC(C)(C)C. The summed E-state index contributed by atoms with van der Waals surface area (Å²) in [7, 11) is -1.44. The molecule has 0 saturated carbocycles. The second-order valence-corrected chi connectivity index (χ2v) is 15.4. The lowest BCUT2D eigenvalue weighted by molar-refractivity contribution is -0.149. The number of rotatable bonds is 5. The van der Waals surface area contributed by atoms with Crippen LogP contribution in [0.4, 0.5) is 4.79 Å². The minimum atomic E-state index is -2.79. The van der Waals surface area contributed by atoms with Gasteiger partial charge in [-0.3, -0.25) is 4.90 Å². The largest absolute Gasteiger partial charge is 0.467 e. The molecule has 2 aromatic carbocycles. The summed E-state index contributed by atoms with van der Waals surface area (Å²) in [5.41, 5.74) is -0.653. The third-order valence-electron chi connectivity index (χ3n) is 6.42. The molecule has 3 rings (SSSR count). The minimum Gasteiger partial charge on any atom is -0.467 e. The first-order valence-corrected chi connectivity index (χ1v) is 14.2. The van der Waals surface area contributed by atoms with Crippen LogP contribution in [0.5, 0.6) is 0 Å². The fourth-order valence-corrected chi connectivity index (χ4v) is 9.61. The quantitative estimate of drug-likeness (QED) is 0.449. The number of carbonyl (C=O) groups excluding carboxylic acids is 2. The molecule has 1 saturated heterocycles. The molecule has 6 nitrogen and oxygen atoms in total. The van der Waals surface area contributed by atoms with Crippen molar-refractivity contribution in [1.29, 1.82) is 0 Å². The van der Waals surface area contributed by atoms with Gasteiger partial charge in [0, 0.05) is 13.0 Å². The summed E-state index contributed by atoms with van der Waals surface area (Å²) in [5, 5.41) is 2.18. The number of hydrogen-bond acceptors (Lipinski definition) is 5.